The van der Waals surface area contributed by atoms with Crippen molar-refractivity contribution in [3.63, 3.8) is 0 Å². The molecule has 0 amide bonds. The van der Waals surface area contributed by atoms with E-state index in [1.54, 1.807) is 0 Å². The summed E-state index contributed by atoms with van der Waals surface area (Å²) in [5.41, 5.74) is 2.69. The molecule has 0 N–H and O–H groups in total. The molecule has 2 nitrogen and oxygen atoms in total. The van der Waals surface area contributed by atoms with Crippen molar-refractivity contribution in [1.29, 1.82) is 0 Å². The average molecular weight is 259 g/mol. The zero-order chi connectivity index (χ0) is 14.0. The van der Waals surface area contributed by atoms with E-state index in [1.807, 2.05) is 12.4 Å². The Morgan fingerprint density at radius 2 is 2.05 bits per heavy atom. The number of hydrogen-bond donors (Lipinski definition) is 0. The Balaban J connectivity index is 2.08. The van der Waals surface area contributed by atoms with E-state index in [0.29, 0.717) is 17.1 Å². The fraction of sp³-hybridized carbons (Fsp3) is 0.647. The first-order valence-electron chi connectivity index (χ1n) is 7.29. The maximum Gasteiger partial charge on any atom is 0.136 e. The average Bonchev–Trinajstić information content (AvgIpc) is 2.30. The van der Waals surface area contributed by atoms with Crippen LogP contribution in [0.2, 0.25) is 0 Å². The van der Waals surface area contributed by atoms with Crippen LogP contribution in [0.15, 0.2) is 18.5 Å². The number of aryl methyl sites for hydroxylation is 1. The molecule has 2 heteroatoms. The quantitative estimate of drug-likeness (QED) is 0.804. The van der Waals surface area contributed by atoms with Gasteiger partial charge in [-0.15, -0.1) is 0 Å². The number of pyridine rings is 1. The molecule has 0 aliphatic heterocycles. The van der Waals surface area contributed by atoms with E-state index in [0.717, 1.165) is 25.7 Å². The van der Waals surface area contributed by atoms with Gasteiger partial charge in [-0.1, -0.05) is 26.8 Å². The minimum atomic E-state index is 0.196. The van der Waals surface area contributed by atoms with E-state index in [2.05, 4.69) is 38.7 Å². The molecule has 1 fully saturated rings. The second kappa shape index (κ2) is 5.44. The number of carbonyl (C=O) groups excluding carboxylic acids is 1. The van der Waals surface area contributed by atoms with Crippen LogP contribution in [0, 0.1) is 24.2 Å². The van der Waals surface area contributed by atoms with E-state index in [4.69, 9.17) is 0 Å². The summed E-state index contributed by atoms with van der Waals surface area (Å²) in [6, 6.07) is 2.15. The van der Waals surface area contributed by atoms with E-state index in [9.17, 15) is 4.79 Å². The topological polar surface area (TPSA) is 30.0 Å². The molecule has 104 valence electrons. The Bertz CT molecular complexity index is 459. The highest BCUT2D eigenvalue weighted by atomic mass is 16.1. The molecule has 0 bridgehead atoms. The third-order valence-electron chi connectivity index (χ3n) is 4.40. The lowest BCUT2D eigenvalue weighted by Crippen LogP contribution is -2.33. The number of rotatable bonds is 2. The number of nitrogens with zero attached hydrogens (tertiary/aromatic N) is 1. The second-order valence-electron chi connectivity index (χ2n) is 7.08. The third kappa shape index (κ3) is 3.65. The van der Waals surface area contributed by atoms with Crippen LogP contribution in [0.3, 0.4) is 0 Å². The van der Waals surface area contributed by atoms with Crippen molar-refractivity contribution in [2.45, 2.75) is 53.4 Å². The first-order chi connectivity index (χ1) is 8.86. The summed E-state index contributed by atoms with van der Waals surface area (Å²) in [5.74, 6) is 1.30. The van der Waals surface area contributed by atoms with Crippen LogP contribution in [-0.2, 0) is 11.2 Å². The monoisotopic (exact) mass is 259 g/mol. The summed E-state index contributed by atoms with van der Waals surface area (Å²) in [5, 5.41) is 0. The van der Waals surface area contributed by atoms with Crippen molar-refractivity contribution in [2.75, 3.05) is 0 Å². The van der Waals surface area contributed by atoms with E-state index in [-0.39, 0.29) is 5.92 Å². The fourth-order valence-corrected chi connectivity index (χ4v) is 3.11. The van der Waals surface area contributed by atoms with Gasteiger partial charge in [0.2, 0.25) is 0 Å². The SMILES string of the molecule is Cc1cncc(CC2CC(C(C)(C)C)CCC2=O)c1. The fourth-order valence-electron chi connectivity index (χ4n) is 3.11. The van der Waals surface area contributed by atoms with Crippen LogP contribution in [0.25, 0.3) is 0 Å². The maximum absolute atomic E-state index is 12.1. The molecule has 0 saturated heterocycles. The summed E-state index contributed by atoms with van der Waals surface area (Å²) in [6.45, 7) is 8.92. The van der Waals surface area contributed by atoms with Gasteiger partial charge in [-0.3, -0.25) is 9.78 Å². The van der Waals surface area contributed by atoms with Crippen LogP contribution in [0.1, 0.15) is 51.2 Å². The van der Waals surface area contributed by atoms with E-state index in [1.165, 1.54) is 11.1 Å². The molecule has 1 aliphatic rings. The smallest absolute Gasteiger partial charge is 0.136 e. The maximum atomic E-state index is 12.1. The summed E-state index contributed by atoms with van der Waals surface area (Å²) >= 11 is 0. The Morgan fingerprint density at radius 1 is 1.32 bits per heavy atom. The molecular weight excluding hydrogens is 234 g/mol. The highest BCUT2D eigenvalue weighted by Crippen LogP contribution is 2.39. The number of carbonyl (C=O) groups is 1. The second-order valence-corrected chi connectivity index (χ2v) is 7.08. The molecule has 0 spiro atoms. The summed E-state index contributed by atoms with van der Waals surface area (Å²) in [4.78, 5) is 16.4. The van der Waals surface area contributed by atoms with E-state index < -0.39 is 0 Å². The normalized spacial score (nSPS) is 24.5. The van der Waals surface area contributed by atoms with Crippen LogP contribution < -0.4 is 0 Å². The molecule has 1 heterocycles. The highest BCUT2D eigenvalue weighted by molar-refractivity contribution is 5.82. The summed E-state index contributed by atoms with van der Waals surface area (Å²) in [7, 11) is 0. The minimum Gasteiger partial charge on any atom is -0.299 e. The molecule has 2 rings (SSSR count). The number of aromatic nitrogens is 1. The van der Waals surface area contributed by atoms with Gasteiger partial charge in [-0.25, -0.2) is 0 Å². The van der Waals surface area contributed by atoms with Gasteiger partial charge in [0.1, 0.15) is 5.78 Å². The number of ketones is 1. The van der Waals surface area contributed by atoms with E-state index >= 15 is 0 Å². The lowest BCUT2D eigenvalue weighted by atomic mass is 9.67. The number of hydrogen-bond acceptors (Lipinski definition) is 2. The molecule has 1 saturated carbocycles. The van der Waals surface area contributed by atoms with Gasteiger partial charge in [0.05, 0.1) is 0 Å². The first kappa shape index (κ1) is 14.2. The molecule has 2 atom stereocenters. The van der Waals surface area contributed by atoms with Crippen LogP contribution in [-0.4, -0.2) is 10.8 Å². The zero-order valence-electron chi connectivity index (χ0n) is 12.6. The Morgan fingerprint density at radius 3 is 2.68 bits per heavy atom. The highest BCUT2D eigenvalue weighted by Gasteiger charge is 2.34. The van der Waals surface area contributed by atoms with Gasteiger partial charge in [0.25, 0.3) is 0 Å². The minimum absolute atomic E-state index is 0.196. The van der Waals surface area contributed by atoms with Crippen LogP contribution in [0.5, 0.6) is 0 Å². The first-order valence-corrected chi connectivity index (χ1v) is 7.29. The Kier molecular flexibility index (Phi) is 4.07. The van der Waals surface area contributed by atoms with Crippen molar-refractivity contribution in [3.05, 3.63) is 29.6 Å². The lowest BCUT2D eigenvalue weighted by Gasteiger charge is -2.37. The summed E-state index contributed by atoms with van der Waals surface area (Å²) < 4.78 is 0. The van der Waals surface area contributed by atoms with Gasteiger partial charge in [0, 0.05) is 24.7 Å². The van der Waals surface area contributed by atoms with Gasteiger partial charge in [-0.2, -0.15) is 0 Å². The van der Waals surface area contributed by atoms with Gasteiger partial charge in [-0.05, 0) is 48.6 Å². The van der Waals surface area contributed by atoms with Crippen molar-refractivity contribution < 1.29 is 4.79 Å². The molecule has 0 aromatic carbocycles. The van der Waals surface area contributed by atoms with Crippen molar-refractivity contribution >= 4 is 5.78 Å². The lowest BCUT2D eigenvalue weighted by molar-refractivity contribution is -0.126. The standard InChI is InChI=1S/C17H25NO/c1-12-7-13(11-18-10-12)8-14-9-15(17(2,3)4)5-6-16(14)19/h7,10-11,14-15H,5-6,8-9H2,1-4H3. The molecule has 0 radical (unpaired) electrons. The zero-order valence-corrected chi connectivity index (χ0v) is 12.6. The molecule has 19 heavy (non-hydrogen) atoms. The van der Waals surface area contributed by atoms with Crippen molar-refractivity contribution in [1.82, 2.24) is 4.98 Å². The van der Waals surface area contributed by atoms with Gasteiger partial charge >= 0.3 is 0 Å². The Labute approximate surface area is 116 Å². The molecule has 1 aliphatic carbocycles. The summed E-state index contributed by atoms with van der Waals surface area (Å²) in [6.07, 6.45) is 7.48. The largest absolute Gasteiger partial charge is 0.299 e. The molecular formula is C17H25NO. The molecule has 1 aromatic heterocycles. The van der Waals surface area contributed by atoms with Crippen molar-refractivity contribution in [2.24, 2.45) is 17.3 Å². The molecule has 2 unspecified atom stereocenters. The van der Waals surface area contributed by atoms with Gasteiger partial charge < -0.3 is 0 Å². The van der Waals surface area contributed by atoms with Crippen LogP contribution >= 0.6 is 0 Å². The Hall–Kier alpha value is -1.18. The van der Waals surface area contributed by atoms with Gasteiger partial charge in [0.15, 0.2) is 0 Å². The number of Topliss-reactive ketones (excluding diaryl/α,β-unsaturated/α-hetero) is 1. The van der Waals surface area contributed by atoms with Crippen molar-refractivity contribution in [3.8, 4) is 0 Å². The predicted molar refractivity (Wildman–Crippen MR) is 78.0 cm³/mol. The molecule has 1 aromatic rings. The predicted octanol–water partition coefficient (Wildman–Crippen LogP) is 3.96. The van der Waals surface area contributed by atoms with Crippen LogP contribution in [0.4, 0.5) is 0 Å². The third-order valence-corrected chi connectivity index (χ3v) is 4.40.